The predicted molar refractivity (Wildman–Crippen MR) is 67.9 cm³/mol. The van der Waals surface area contributed by atoms with Gasteiger partial charge in [0.1, 0.15) is 0 Å². The van der Waals surface area contributed by atoms with Crippen LogP contribution in [0.4, 0.5) is 0 Å². The molecule has 23 heavy (non-hydrogen) atoms. The molecule has 11 heteroatoms. The van der Waals surface area contributed by atoms with Crippen LogP contribution in [0, 0.1) is 10.8 Å². The Kier molecular flexibility index (Phi) is 11.0. The SMILES string of the molecule is N.N.O=C(O)C1(C(=O)O)CCC1.O=C([O-])C1(C(=O)[O-])CCC1.[Pt+4]. The van der Waals surface area contributed by atoms with E-state index in [1.165, 1.54) is 0 Å². The van der Waals surface area contributed by atoms with Crippen molar-refractivity contribution in [2.24, 2.45) is 10.8 Å². The van der Waals surface area contributed by atoms with Gasteiger partial charge in [0, 0.05) is 5.41 Å². The van der Waals surface area contributed by atoms with Crippen molar-refractivity contribution in [1.82, 2.24) is 12.3 Å². The van der Waals surface area contributed by atoms with E-state index < -0.39 is 34.7 Å². The number of hydrogen-bond acceptors (Lipinski definition) is 8. The number of carbonyl (C=O) groups excluding carboxylic acids is 2. The van der Waals surface area contributed by atoms with E-state index in [1.807, 2.05) is 0 Å². The van der Waals surface area contributed by atoms with Crippen LogP contribution in [-0.4, -0.2) is 34.1 Å². The van der Waals surface area contributed by atoms with Gasteiger partial charge in [-0.15, -0.1) is 0 Å². The van der Waals surface area contributed by atoms with E-state index in [0.29, 0.717) is 12.8 Å². The zero-order valence-electron chi connectivity index (χ0n) is 12.3. The third-order valence-electron chi connectivity index (χ3n) is 4.01. The summed E-state index contributed by atoms with van der Waals surface area (Å²) in [4.78, 5) is 41.2. The van der Waals surface area contributed by atoms with Crippen molar-refractivity contribution in [3.8, 4) is 0 Å². The minimum absolute atomic E-state index is 0. The molecule has 134 valence electrons. The van der Waals surface area contributed by atoms with Crippen LogP contribution in [0.3, 0.4) is 0 Å². The summed E-state index contributed by atoms with van der Waals surface area (Å²) in [6.07, 6.45) is 2.19. The molecule has 0 radical (unpaired) electrons. The molecule has 2 rings (SSSR count). The molecular formula is C12H20N2O8Pt+2. The quantitative estimate of drug-likeness (QED) is 0.311. The van der Waals surface area contributed by atoms with Gasteiger partial charge in [0.2, 0.25) is 0 Å². The first kappa shape index (κ1) is 26.4. The number of hydrogen-bond donors (Lipinski definition) is 4. The maximum Gasteiger partial charge on any atom is 4.00 e. The van der Waals surface area contributed by atoms with Gasteiger partial charge in [-0.3, -0.25) is 9.59 Å². The van der Waals surface area contributed by atoms with Crippen molar-refractivity contribution >= 4 is 23.9 Å². The summed E-state index contributed by atoms with van der Waals surface area (Å²) >= 11 is 0. The van der Waals surface area contributed by atoms with Crippen molar-refractivity contribution < 1.29 is 60.7 Å². The van der Waals surface area contributed by atoms with Crippen LogP contribution in [0.1, 0.15) is 38.5 Å². The van der Waals surface area contributed by atoms with E-state index in [1.54, 1.807) is 0 Å². The third kappa shape index (κ3) is 4.73. The number of aliphatic carboxylic acids is 4. The molecule has 0 spiro atoms. The zero-order valence-corrected chi connectivity index (χ0v) is 14.6. The van der Waals surface area contributed by atoms with E-state index >= 15 is 0 Å². The van der Waals surface area contributed by atoms with Gasteiger partial charge in [-0.05, 0) is 32.1 Å². The molecule has 0 saturated heterocycles. The summed E-state index contributed by atoms with van der Waals surface area (Å²) in [5, 5.41) is 37.4. The molecule has 2 aliphatic rings. The molecule has 0 aromatic carbocycles. The van der Waals surface area contributed by atoms with Gasteiger partial charge in [0.25, 0.3) is 0 Å². The number of carboxylic acid groups (broad SMARTS) is 4. The molecule has 0 amide bonds. The fourth-order valence-corrected chi connectivity index (χ4v) is 2.07. The van der Waals surface area contributed by atoms with E-state index in [4.69, 9.17) is 10.2 Å². The molecule has 8 N–H and O–H groups in total. The third-order valence-corrected chi connectivity index (χ3v) is 4.01. The second-order valence-electron chi connectivity index (χ2n) is 5.06. The summed E-state index contributed by atoms with van der Waals surface area (Å²) in [5.74, 6) is -5.44. The van der Waals surface area contributed by atoms with Gasteiger partial charge in [0.15, 0.2) is 5.41 Å². The van der Waals surface area contributed by atoms with E-state index in [9.17, 15) is 29.4 Å². The van der Waals surface area contributed by atoms with Gasteiger partial charge in [-0.2, -0.15) is 0 Å². The molecule has 10 nitrogen and oxygen atoms in total. The minimum Gasteiger partial charge on any atom is -0.549 e. The van der Waals surface area contributed by atoms with Crippen molar-refractivity contribution in [3.05, 3.63) is 0 Å². The fourth-order valence-electron chi connectivity index (χ4n) is 2.07. The van der Waals surface area contributed by atoms with Gasteiger partial charge in [-0.1, -0.05) is 6.42 Å². The van der Waals surface area contributed by atoms with Gasteiger partial charge < -0.3 is 42.3 Å². The molecule has 0 unspecified atom stereocenters. The zero-order chi connectivity index (χ0) is 15.6. The average Bonchev–Trinajstić information content (AvgIpc) is 2.10. The predicted octanol–water partition coefficient (Wildman–Crippen LogP) is -1.70. The molecular weight excluding hydrogens is 495 g/mol. The Bertz CT molecular complexity index is 386. The topological polar surface area (TPSA) is 225 Å². The summed E-state index contributed by atoms with van der Waals surface area (Å²) in [5.41, 5.74) is -3.11. The maximum absolute atomic E-state index is 10.4. The Hall–Kier alpha value is -1.51. The molecule has 0 aliphatic heterocycles. The Morgan fingerprint density at radius 1 is 0.696 bits per heavy atom. The van der Waals surface area contributed by atoms with Gasteiger partial charge in [-0.25, -0.2) is 0 Å². The largest absolute Gasteiger partial charge is 4.00 e. The smallest absolute Gasteiger partial charge is 0.549 e. The standard InChI is InChI=1S/2C6H8O4.2H3N.Pt/c2*7-4(8)6(5(9)10)2-1-3-6;;;/h2*1-3H2,(H,7,8)(H,9,10);2*1H3;/q;;;;+4/p-2. The minimum atomic E-state index is -1.67. The molecule has 0 atom stereocenters. The van der Waals surface area contributed by atoms with Crippen LogP contribution in [-0.2, 0) is 40.2 Å². The Morgan fingerprint density at radius 3 is 0.957 bits per heavy atom. The van der Waals surface area contributed by atoms with Gasteiger partial charge in [0.05, 0.1) is 11.9 Å². The Morgan fingerprint density at radius 2 is 0.957 bits per heavy atom. The van der Waals surface area contributed by atoms with Crippen LogP contribution >= 0.6 is 0 Å². The maximum atomic E-state index is 10.4. The van der Waals surface area contributed by atoms with E-state index in [2.05, 4.69) is 0 Å². The van der Waals surface area contributed by atoms with Crippen molar-refractivity contribution in [2.45, 2.75) is 38.5 Å². The summed E-state index contributed by atoms with van der Waals surface area (Å²) in [7, 11) is 0. The fraction of sp³-hybridized carbons (Fsp3) is 0.667. The Balaban J connectivity index is -0.000000308. The molecule has 0 aromatic heterocycles. The number of carboxylic acids is 4. The normalized spacial score (nSPS) is 18.4. The number of rotatable bonds is 4. The molecule has 0 aromatic rings. The number of carbonyl (C=O) groups is 4. The summed E-state index contributed by atoms with van der Waals surface area (Å²) in [6, 6.07) is 0. The van der Waals surface area contributed by atoms with Crippen LogP contribution < -0.4 is 22.5 Å². The van der Waals surface area contributed by atoms with Crippen LogP contribution in [0.25, 0.3) is 0 Å². The van der Waals surface area contributed by atoms with Crippen LogP contribution in [0.5, 0.6) is 0 Å². The summed E-state index contributed by atoms with van der Waals surface area (Å²) in [6.45, 7) is 0. The second-order valence-corrected chi connectivity index (χ2v) is 5.06. The Labute approximate surface area is 146 Å². The molecule has 2 saturated carbocycles. The monoisotopic (exact) mass is 515 g/mol. The molecule has 2 aliphatic carbocycles. The summed E-state index contributed by atoms with van der Waals surface area (Å²) < 4.78 is 0. The first-order chi connectivity index (χ1) is 9.19. The van der Waals surface area contributed by atoms with E-state index in [0.717, 1.165) is 0 Å². The van der Waals surface area contributed by atoms with Crippen molar-refractivity contribution in [3.63, 3.8) is 0 Å². The van der Waals surface area contributed by atoms with Crippen molar-refractivity contribution in [1.29, 1.82) is 0 Å². The van der Waals surface area contributed by atoms with Gasteiger partial charge >= 0.3 is 33.0 Å². The first-order valence-electron chi connectivity index (χ1n) is 6.09. The molecule has 0 bridgehead atoms. The first-order valence-corrected chi connectivity index (χ1v) is 6.09. The molecule has 0 heterocycles. The second kappa shape index (κ2) is 9.59. The average molecular weight is 515 g/mol. The van der Waals surface area contributed by atoms with E-state index in [-0.39, 0.29) is 59.0 Å². The van der Waals surface area contributed by atoms with Crippen molar-refractivity contribution in [2.75, 3.05) is 0 Å². The molecule has 2 fully saturated rings. The van der Waals surface area contributed by atoms with Crippen LogP contribution in [0.15, 0.2) is 0 Å². The van der Waals surface area contributed by atoms with Crippen LogP contribution in [0.2, 0.25) is 0 Å².